The molecule has 1 saturated carbocycles. The molecule has 1 aliphatic carbocycles. The zero-order chi connectivity index (χ0) is 7.24. The first-order chi connectivity index (χ1) is 4.68. The van der Waals surface area contributed by atoms with E-state index in [1.54, 1.807) is 0 Å². The number of fused-ring (bicyclic) bond motifs is 1. The maximum Gasteiger partial charge on any atom is 0.0448 e. The van der Waals surface area contributed by atoms with Gasteiger partial charge in [-0.05, 0) is 24.7 Å². The summed E-state index contributed by atoms with van der Waals surface area (Å²) in [6.45, 7) is 3.82. The monoisotopic (exact) mass is 141 g/mol. The van der Waals surface area contributed by atoms with Gasteiger partial charge in [0.25, 0.3) is 0 Å². The molecule has 10 heavy (non-hydrogen) atoms. The highest BCUT2D eigenvalue weighted by atomic mass is 16.3. The van der Waals surface area contributed by atoms with Crippen LogP contribution in [0, 0.1) is 5.41 Å². The van der Waals surface area contributed by atoms with E-state index in [0.29, 0.717) is 17.6 Å². The Balaban J connectivity index is 2.00. The third kappa shape index (κ3) is 0.722. The van der Waals surface area contributed by atoms with Gasteiger partial charge in [0.2, 0.25) is 0 Å². The Bertz CT molecular complexity index is 145. The molecule has 2 N–H and O–H groups in total. The largest absolute Gasteiger partial charge is 0.396 e. The number of hydrogen-bond acceptors (Lipinski definition) is 2. The van der Waals surface area contributed by atoms with E-state index in [1.807, 2.05) is 0 Å². The van der Waals surface area contributed by atoms with Crippen molar-refractivity contribution in [2.24, 2.45) is 5.41 Å². The van der Waals surface area contributed by atoms with Gasteiger partial charge >= 0.3 is 0 Å². The molecule has 0 aromatic heterocycles. The van der Waals surface area contributed by atoms with Gasteiger partial charge in [-0.25, -0.2) is 0 Å². The molecule has 58 valence electrons. The van der Waals surface area contributed by atoms with Crippen molar-refractivity contribution in [2.45, 2.75) is 31.7 Å². The summed E-state index contributed by atoms with van der Waals surface area (Å²) < 4.78 is 0. The van der Waals surface area contributed by atoms with Gasteiger partial charge in [0.1, 0.15) is 0 Å². The molecule has 0 aromatic rings. The molecule has 2 heteroatoms. The summed E-state index contributed by atoms with van der Waals surface area (Å²) in [6, 6.07) is 0. The van der Waals surface area contributed by atoms with E-state index in [0.717, 1.165) is 13.0 Å². The maximum atomic E-state index is 8.76. The predicted molar refractivity (Wildman–Crippen MR) is 39.8 cm³/mol. The quantitative estimate of drug-likeness (QED) is 0.587. The molecule has 0 radical (unpaired) electrons. The molecule has 2 nitrogen and oxygen atoms in total. The highest BCUT2D eigenvalue weighted by molar-refractivity contribution is 5.14. The summed E-state index contributed by atoms with van der Waals surface area (Å²) in [4.78, 5) is 0. The lowest BCUT2D eigenvalue weighted by Crippen LogP contribution is -2.47. The van der Waals surface area contributed by atoms with Gasteiger partial charge in [-0.15, -0.1) is 0 Å². The number of hydrogen-bond donors (Lipinski definition) is 2. The van der Waals surface area contributed by atoms with Crippen LogP contribution in [0.4, 0.5) is 0 Å². The van der Waals surface area contributed by atoms with Crippen LogP contribution in [0.3, 0.4) is 0 Å². The van der Waals surface area contributed by atoms with Crippen molar-refractivity contribution < 1.29 is 5.11 Å². The third-order valence-electron chi connectivity index (χ3n) is 3.01. The summed E-state index contributed by atoms with van der Waals surface area (Å²) in [5.41, 5.74) is 0.929. The van der Waals surface area contributed by atoms with Crippen molar-refractivity contribution >= 4 is 0 Å². The Morgan fingerprint density at radius 1 is 1.50 bits per heavy atom. The molecule has 2 bridgehead atoms. The second-order valence-electron chi connectivity index (χ2n) is 4.27. The van der Waals surface area contributed by atoms with Crippen molar-refractivity contribution in [3.63, 3.8) is 0 Å². The molecule has 2 aliphatic heterocycles. The van der Waals surface area contributed by atoms with Crippen LogP contribution >= 0.6 is 0 Å². The van der Waals surface area contributed by atoms with Crippen LogP contribution in [0.15, 0.2) is 0 Å². The lowest BCUT2D eigenvalue weighted by Gasteiger charge is -2.44. The fourth-order valence-corrected chi connectivity index (χ4v) is 2.71. The van der Waals surface area contributed by atoms with Crippen molar-refractivity contribution in [3.8, 4) is 0 Å². The lowest BCUT2D eigenvalue weighted by molar-refractivity contribution is 0.100. The van der Waals surface area contributed by atoms with Gasteiger partial charge in [0.05, 0.1) is 0 Å². The van der Waals surface area contributed by atoms with Gasteiger partial charge in [-0.3, -0.25) is 0 Å². The number of rotatable bonds is 2. The Kier molecular flexibility index (Phi) is 1.15. The highest BCUT2D eigenvalue weighted by Gasteiger charge is 2.57. The van der Waals surface area contributed by atoms with Gasteiger partial charge in [0.15, 0.2) is 0 Å². The van der Waals surface area contributed by atoms with Crippen molar-refractivity contribution in [2.75, 3.05) is 13.2 Å². The average Bonchev–Trinajstić information content (AvgIpc) is 2.21. The molecular weight excluding hydrogens is 126 g/mol. The van der Waals surface area contributed by atoms with Crippen LogP contribution in [0.25, 0.3) is 0 Å². The van der Waals surface area contributed by atoms with E-state index in [2.05, 4.69) is 12.2 Å². The minimum atomic E-state index is 0.336. The molecular formula is C8H15NO. The second kappa shape index (κ2) is 1.74. The van der Waals surface area contributed by atoms with Crippen LogP contribution in [-0.4, -0.2) is 23.8 Å². The fraction of sp³-hybridized carbons (Fsp3) is 1.00. The topological polar surface area (TPSA) is 32.3 Å². The molecule has 2 heterocycles. The van der Waals surface area contributed by atoms with Crippen LogP contribution in [-0.2, 0) is 0 Å². The first-order valence-corrected chi connectivity index (χ1v) is 4.04. The van der Waals surface area contributed by atoms with E-state index in [4.69, 9.17) is 5.11 Å². The van der Waals surface area contributed by atoms with Crippen molar-refractivity contribution in [1.82, 2.24) is 5.32 Å². The molecule has 0 aromatic carbocycles. The molecule has 3 aliphatic rings. The van der Waals surface area contributed by atoms with E-state index < -0.39 is 0 Å². The average molecular weight is 141 g/mol. The Morgan fingerprint density at radius 2 is 2.20 bits per heavy atom. The molecule has 0 amide bonds. The van der Waals surface area contributed by atoms with E-state index in [9.17, 15) is 0 Å². The van der Waals surface area contributed by atoms with Gasteiger partial charge in [0, 0.05) is 18.7 Å². The third-order valence-corrected chi connectivity index (χ3v) is 3.01. The smallest absolute Gasteiger partial charge is 0.0448 e. The van der Waals surface area contributed by atoms with Gasteiger partial charge in [-0.2, -0.15) is 0 Å². The van der Waals surface area contributed by atoms with Crippen LogP contribution < -0.4 is 5.32 Å². The molecule has 3 rings (SSSR count). The molecule has 2 saturated heterocycles. The highest BCUT2D eigenvalue weighted by Crippen LogP contribution is 2.54. The van der Waals surface area contributed by atoms with Crippen LogP contribution in [0.5, 0.6) is 0 Å². The fourth-order valence-electron chi connectivity index (χ4n) is 2.71. The SMILES string of the molecule is CC12CNC(CCO)(C1)C2. The van der Waals surface area contributed by atoms with E-state index in [1.165, 1.54) is 12.8 Å². The summed E-state index contributed by atoms with van der Waals surface area (Å²) in [5, 5.41) is 12.2. The lowest BCUT2D eigenvalue weighted by atomic mass is 9.62. The summed E-state index contributed by atoms with van der Waals surface area (Å²) in [7, 11) is 0. The minimum absolute atomic E-state index is 0.336. The zero-order valence-corrected chi connectivity index (χ0v) is 6.48. The summed E-state index contributed by atoms with van der Waals surface area (Å²) in [6.07, 6.45) is 3.50. The van der Waals surface area contributed by atoms with E-state index >= 15 is 0 Å². The van der Waals surface area contributed by atoms with Gasteiger partial charge < -0.3 is 10.4 Å². The van der Waals surface area contributed by atoms with Gasteiger partial charge in [-0.1, -0.05) is 6.92 Å². The normalized spacial score (nSPS) is 51.0. The summed E-state index contributed by atoms with van der Waals surface area (Å²) in [5.74, 6) is 0. The standard InChI is InChI=1S/C8H15NO/c1-7-4-8(5-7,2-3-10)9-6-7/h9-10H,2-6H2,1H3. The zero-order valence-electron chi connectivity index (χ0n) is 6.48. The minimum Gasteiger partial charge on any atom is -0.396 e. The second-order valence-corrected chi connectivity index (χ2v) is 4.27. The Hall–Kier alpha value is -0.0800. The summed E-state index contributed by atoms with van der Waals surface area (Å²) >= 11 is 0. The number of aliphatic hydroxyl groups is 1. The van der Waals surface area contributed by atoms with Crippen LogP contribution in [0.2, 0.25) is 0 Å². The number of nitrogens with one attached hydrogen (secondary N) is 1. The first kappa shape index (κ1) is 6.62. The Morgan fingerprint density at radius 3 is 2.60 bits per heavy atom. The Labute approximate surface area is 61.6 Å². The van der Waals surface area contributed by atoms with Crippen molar-refractivity contribution in [1.29, 1.82) is 0 Å². The van der Waals surface area contributed by atoms with Crippen LogP contribution in [0.1, 0.15) is 26.2 Å². The number of aliphatic hydroxyl groups excluding tert-OH is 1. The van der Waals surface area contributed by atoms with Crippen molar-refractivity contribution in [3.05, 3.63) is 0 Å². The molecule has 0 unspecified atom stereocenters. The molecule has 0 atom stereocenters. The maximum absolute atomic E-state index is 8.76. The molecule has 3 fully saturated rings. The molecule has 0 spiro atoms. The van der Waals surface area contributed by atoms with E-state index in [-0.39, 0.29) is 0 Å². The first-order valence-electron chi connectivity index (χ1n) is 4.04. The predicted octanol–water partition coefficient (Wildman–Crippen LogP) is 0.511.